The number of aryl methyl sites for hydroxylation is 4. The van der Waals surface area contributed by atoms with Crippen molar-refractivity contribution in [2.24, 2.45) is 11.3 Å². The van der Waals surface area contributed by atoms with Gasteiger partial charge in [-0.3, -0.25) is 0 Å². The van der Waals surface area contributed by atoms with E-state index in [2.05, 4.69) is 175 Å². The van der Waals surface area contributed by atoms with Crippen molar-refractivity contribution in [3.05, 3.63) is 110 Å². The molecule has 48 heavy (non-hydrogen) atoms. The van der Waals surface area contributed by atoms with Crippen molar-refractivity contribution in [1.82, 2.24) is 0 Å². The van der Waals surface area contributed by atoms with Gasteiger partial charge in [0.2, 0.25) is 0 Å². The quantitative estimate of drug-likeness (QED) is 0.176. The van der Waals surface area contributed by atoms with Gasteiger partial charge < -0.3 is 0 Å². The van der Waals surface area contributed by atoms with Gasteiger partial charge in [-0.05, 0) is 107 Å². The van der Waals surface area contributed by atoms with Crippen molar-refractivity contribution < 1.29 is 41.7 Å². The SMILES string of the molecule is C=C\C(=C(CC)/C(C(/CC)=C(\C)C(C)C)=C(\C)c1c(C)cccc1C)C(C)(C)C.CCc1cc(CC)c(C(C)(C)C)[c-]c1C(C)(C)C.[Ce]. The summed E-state index contributed by atoms with van der Waals surface area (Å²) in [7, 11) is 0. The molecule has 0 atom stereocenters. The Balaban J connectivity index is 0.000000999. The Bertz CT molecular complexity index is 1410. The van der Waals surface area contributed by atoms with E-state index >= 15 is 0 Å². The third kappa shape index (κ3) is 11.9. The standard InChI is InChI=1S/C29H44.C18H29.Ce/c1-13-24(22(8)19(4)5)28(25(14-2)26(15-3)29(10,11)12)23(9)27-20(6)17-16-18-21(27)7;1-9-13-11-14(10-2)16(18(6,7)8)12-15(13)17(3,4)5;/h15-19H,3,13-14H2,1-2,4-12H3;11H,9-10H2,1-8H3;/q;-1;/b24-22+,26-25+,28-23+;;. The molecule has 0 fully saturated rings. The first-order chi connectivity index (χ1) is 21.5. The minimum Gasteiger partial charge on any atom is -0.175 e. The minimum atomic E-state index is 0. The van der Waals surface area contributed by atoms with Crippen molar-refractivity contribution in [2.45, 2.75) is 168 Å². The summed E-state index contributed by atoms with van der Waals surface area (Å²) in [5.74, 6) is 0.533. The van der Waals surface area contributed by atoms with Crippen LogP contribution in [0, 0.1) is 73.0 Å². The topological polar surface area (TPSA) is 0 Å². The summed E-state index contributed by atoms with van der Waals surface area (Å²) < 4.78 is 0. The molecule has 0 saturated heterocycles. The van der Waals surface area contributed by atoms with Gasteiger partial charge in [0.1, 0.15) is 0 Å². The summed E-state index contributed by atoms with van der Waals surface area (Å²) in [5, 5.41) is 0. The summed E-state index contributed by atoms with van der Waals surface area (Å²) in [6.45, 7) is 47.7. The fourth-order valence-electron chi connectivity index (χ4n) is 7.09. The van der Waals surface area contributed by atoms with Crippen LogP contribution < -0.4 is 0 Å². The zero-order valence-corrected chi connectivity index (χ0v) is 38.1. The minimum absolute atomic E-state index is 0. The fourth-order valence-corrected chi connectivity index (χ4v) is 7.09. The molecule has 0 aliphatic rings. The van der Waals surface area contributed by atoms with Crippen LogP contribution in [0.5, 0.6) is 0 Å². The molecule has 0 aliphatic carbocycles. The van der Waals surface area contributed by atoms with Gasteiger partial charge in [0.05, 0.1) is 0 Å². The van der Waals surface area contributed by atoms with Crippen LogP contribution in [0.4, 0.5) is 0 Å². The zero-order valence-electron chi connectivity index (χ0n) is 35.0. The van der Waals surface area contributed by atoms with E-state index in [0.717, 1.165) is 25.7 Å². The van der Waals surface area contributed by atoms with Gasteiger partial charge in [-0.25, -0.2) is 0 Å². The van der Waals surface area contributed by atoms with Gasteiger partial charge in [-0.15, -0.1) is 0 Å². The Morgan fingerprint density at radius 3 is 1.46 bits per heavy atom. The summed E-state index contributed by atoms with van der Waals surface area (Å²) in [5.41, 5.74) is 18.9. The number of rotatable bonds is 9. The second kappa shape index (κ2) is 19.4. The molecule has 0 amide bonds. The third-order valence-corrected chi connectivity index (χ3v) is 9.72. The third-order valence-electron chi connectivity index (χ3n) is 9.72. The van der Waals surface area contributed by atoms with Gasteiger partial charge in [0.15, 0.2) is 0 Å². The predicted octanol–water partition coefficient (Wildman–Crippen LogP) is 14.6. The molecule has 0 radical (unpaired) electrons. The number of hydrogen-bond donors (Lipinski definition) is 0. The van der Waals surface area contributed by atoms with Crippen LogP contribution in [0.3, 0.4) is 0 Å². The largest absolute Gasteiger partial charge is 0.175 e. The average molecular weight is 778 g/mol. The van der Waals surface area contributed by atoms with Crippen LogP contribution in [-0.4, -0.2) is 0 Å². The summed E-state index contributed by atoms with van der Waals surface area (Å²) in [6, 6.07) is 12.8. The van der Waals surface area contributed by atoms with E-state index in [0.29, 0.717) is 5.92 Å². The van der Waals surface area contributed by atoms with Crippen LogP contribution in [-0.2, 0) is 23.7 Å². The van der Waals surface area contributed by atoms with E-state index in [1.807, 2.05) is 0 Å². The monoisotopic (exact) mass is 777 g/mol. The molecule has 0 N–H and O–H groups in total. The molecule has 0 saturated carbocycles. The maximum atomic E-state index is 4.21. The molecular weight excluding hydrogens is 705 g/mol. The van der Waals surface area contributed by atoms with Crippen LogP contribution in [0.2, 0.25) is 0 Å². The van der Waals surface area contributed by atoms with Crippen molar-refractivity contribution in [1.29, 1.82) is 0 Å². The zero-order chi connectivity index (χ0) is 36.7. The number of allylic oxidation sites excluding steroid dienone is 7. The van der Waals surface area contributed by atoms with Crippen LogP contribution >= 0.6 is 0 Å². The molecule has 2 aromatic carbocycles. The van der Waals surface area contributed by atoms with E-state index in [1.54, 1.807) is 0 Å². The van der Waals surface area contributed by atoms with Gasteiger partial charge >= 0.3 is 0 Å². The Labute approximate surface area is 333 Å². The van der Waals surface area contributed by atoms with E-state index in [1.165, 1.54) is 72.4 Å². The first-order valence-electron chi connectivity index (χ1n) is 18.5. The van der Waals surface area contributed by atoms with Gasteiger partial charge in [-0.2, -0.15) is 34.4 Å². The molecule has 0 bridgehead atoms. The average Bonchev–Trinajstić information content (AvgIpc) is 2.96. The molecule has 2 rings (SSSR count). The Hall–Kier alpha value is -1.22. The number of hydrogen-bond acceptors (Lipinski definition) is 0. The molecule has 0 heterocycles. The van der Waals surface area contributed by atoms with Crippen molar-refractivity contribution in [2.75, 3.05) is 0 Å². The van der Waals surface area contributed by atoms with E-state index in [4.69, 9.17) is 0 Å². The molecule has 0 nitrogen and oxygen atoms in total. The molecule has 0 unspecified atom stereocenters. The van der Waals surface area contributed by atoms with Gasteiger partial charge in [-0.1, -0.05) is 153 Å². The fraction of sp³-hybridized carbons (Fsp3) is 0.574. The van der Waals surface area contributed by atoms with Gasteiger partial charge in [0.25, 0.3) is 0 Å². The van der Waals surface area contributed by atoms with E-state index < -0.39 is 0 Å². The molecule has 266 valence electrons. The first kappa shape index (κ1) is 46.8. The molecule has 0 spiro atoms. The number of benzene rings is 2. The molecule has 2 aromatic rings. The predicted molar refractivity (Wildman–Crippen MR) is 215 cm³/mol. The maximum Gasteiger partial charge on any atom is 0 e. The normalized spacial score (nSPS) is 13.9. The van der Waals surface area contributed by atoms with Crippen LogP contribution in [0.15, 0.2) is 64.8 Å². The summed E-state index contributed by atoms with van der Waals surface area (Å²) >= 11 is 0. The summed E-state index contributed by atoms with van der Waals surface area (Å²) in [6.07, 6.45) is 6.33. The second-order valence-corrected chi connectivity index (χ2v) is 16.9. The molecular formula is C47H73Ce-. The summed E-state index contributed by atoms with van der Waals surface area (Å²) in [4.78, 5) is 0. The van der Waals surface area contributed by atoms with E-state index in [9.17, 15) is 0 Å². The van der Waals surface area contributed by atoms with Crippen molar-refractivity contribution in [3.8, 4) is 0 Å². The second-order valence-electron chi connectivity index (χ2n) is 16.9. The Morgan fingerprint density at radius 2 is 1.17 bits per heavy atom. The van der Waals surface area contributed by atoms with Crippen LogP contribution in [0.1, 0.15) is 169 Å². The molecule has 1 heteroatoms. The molecule has 0 aromatic heterocycles. The van der Waals surface area contributed by atoms with E-state index in [-0.39, 0.29) is 58.0 Å². The first-order valence-corrected chi connectivity index (χ1v) is 18.5. The molecule has 0 aliphatic heterocycles. The van der Waals surface area contributed by atoms with Gasteiger partial charge in [0, 0.05) is 41.7 Å². The Morgan fingerprint density at radius 1 is 0.750 bits per heavy atom. The maximum absolute atomic E-state index is 4.21. The van der Waals surface area contributed by atoms with Crippen molar-refractivity contribution >= 4 is 5.57 Å². The van der Waals surface area contributed by atoms with Crippen molar-refractivity contribution in [3.63, 3.8) is 0 Å². The smallest absolute Gasteiger partial charge is 0 e. The Kier molecular flexibility index (Phi) is 18.9. The van der Waals surface area contributed by atoms with Crippen LogP contribution in [0.25, 0.3) is 5.57 Å².